The van der Waals surface area contributed by atoms with Gasteiger partial charge in [-0.2, -0.15) is 5.10 Å². The van der Waals surface area contributed by atoms with E-state index in [0.29, 0.717) is 6.04 Å². The predicted molar refractivity (Wildman–Crippen MR) is 79.2 cm³/mol. The molecule has 0 fully saturated rings. The Labute approximate surface area is 115 Å². The van der Waals surface area contributed by atoms with Crippen molar-refractivity contribution in [3.05, 3.63) is 53.3 Å². The van der Waals surface area contributed by atoms with E-state index in [1.165, 1.54) is 11.1 Å². The van der Waals surface area contributed by atoms with Crippen LogP contribution in [-0.4, -0.2) is 16.3 Å². The van der Waals surface area contributed by atoms with E-state index in [4.69, 9.17) is 0 Å². The van der Waals surface area contributed by atoms with Crippen molar-refractivity contribution >= 4 is 0 Å². The molecule has 0 bridgehead atoms. The summed E-state index contributed by atoms with van der Waals surface area (Å²) in [7, 11) is 0. The monoisotopic (exact) mass is 257 g/mol. The van der Waals surface area contributed by atoms with Gasteiger partial charge < -0.3 is 5.32 Å². The van der Waals surface area contributed by atoms with Gasteiger partial charge >= 0.3 is 0 Å². The van der Waals surface area contributed by atoms with Crippen LogP contribution in [0.5, 0.6) is 0 Å². The quantitative estimate of drug-likeness (QED) is 0.806. The van der Waals surface area contributed by atoms with Crippen LogP contribution in [0.3, 0.4) is 0 Å². The largest absolute Gasteiger partial charge is 0.312 e. The highest BCUT2D eigenvalue weighted by atomic mass is 15.3. The van der Waals surface area contributed by atoms with Gasteiger partial charge in [-0.05, 0) is 39.3 Å². The number of rotatable bonds is 6. The Kier molecular flexibility index (Phi) is 4.74. The van der Waals surface area contributed by atoms with Crippen molar-refractivity contribution in [2.24, 2.45) is 0 Å². The Bertz CT molecular complexity index is 500. The second-order valence-corrected chi connectivity index (χ2v) is 5.23. The highest BCUT2D eigenvalue weighted by molar-refractivity contribution is 5.16. The molecule has 0 aliphatic carbocycles. The number of aromatic nitrogens is 2. The average Bonchev–Trinajstić information content (AvgIpc) is 2.78. The fourth-order valence-corrected chi connectivity index (χ4v) is 2.06. The maximum atomic E-state index is 4.52. The molecule has 1 heterocycles. The Morgan fingerprint density at radius 3 is 2.58 bits per heavy atom. The lowest BCUT2D eigenvalue weighted by atomic mass is 10.1. The van der Waals surface area contributed by atoms with Crippen molar-refractivity contribution in [3.63, 3.8) is 0 Å². The molecule has 2 aromatic rings. The van der Waals surface area contributed by atoms with Crippen molar-refractivity contribution in [1.82, 2.24) is 15.1 Å². The molecule has 1 N–H and O–H groups in total. The van der Waals surface area contributed by atoms with E-state index in [9.17, 15) is 0 Å². The predicted octanol–water partition coefficient (Wildman–Crippen LogP) is 3.10. The second kappa shape index (κ2) is 6.53. The Morgan fingerprint density at radius 1 is 1.21 bits per heavy atom. The third kappa shape index (κ3) is 3.93. The van der Waals surface area contributed by atoms with Gasteiger partial charge in [-0.25, -0.2) is 0 Å². The highest BCUT2D eigenvalue weighted by Crippen LogP contribution is 2.10. The van der Waals surface area contributed by atoms with E-state index in [-0.39, 0.29) is 0 Å². The third-order valence-electron chi connectivity index (χ3n) is 3.30. The summed E-state index contributed by atoms with van der Waals surface area (Å²) >= 11 is 0. The van der Waals surface area contributed by atoms with Gasteiger partial charge in [0.1, 0.15) is 0 Å². The van der Waals surface area contributed by atoms with Crippen LogP contribution >= 0.6 is 0 Å². The zero-order valence-corrected chi connectivity index (χ0v) is 12.1. The minimum absolute atomic E-state index is 0.428. The van der Waals surface area contributed by atoms with Crippen molar-refractivity contribution in [1.29, 1.82) is 0 Å². The van der Waals surface area contributed by atoms with Crippen molar-refractivity contribution in [3.8, 4) is 0 Å². The molecule has 0 atom stereocenters. The lowest BCUT2D eigenvalue weighted by Crippen LogP contribution is -2.16. The summed E-state index contributed by atoms with van der Waals surface area (Å²) in [6.45, 7) is 8.27. The summed E-state index contributed by atoms with van der Waals surface area (Å²) in [6.07, 6.45) is 3.22. The van der Waals surface area contributed by atoms with Gasteiger partial charge in [-0.15, -0.1) is 0 Å². The van der Waals surface area contributed by atoms with E-state index >= 15 is 0 Å². The van der Waals surface area contributed by atoms with Crippen molar-refractivity contribution < 1.29 is 0 Å². The van der Waals surface area contributed by atoms with Crippen LogP contribution in [0.15, 0.2) is 36.5 Å². The number of benzene rings is 1. The molecule has 0 saturated carbocycles. The lowest BCUT2D eigenvalue weighted by molar-refractivity contribution is 0.528. The van der Waals surface area contributed by atoms with E-state index in [1.807, 2.05) is 4.68 Å². The molecule has 0 saturated heterocycles. The molecule has 0 amide bonds. The van der Waals surface area contributed by atoms with Crippen LogP contribution < -0.4 is 5.32 Å². The van der Waals surface area contributed by atoms with Gasteiger partial charge in [0, 0.05) is 24.3 Å². The Morgan fingerprint density at radius 2 is 1.95 bits per heavy atom. The first-order valence-electron chi connectivity index (χ1n) is 6.96. The van der Waals surface area contributed by atoms with Gasteiger partial charge in [0.2, 0.25) is 0 Å². The molecule has 0 radical (unpaired) electrons. The zero-order valence-electron chi connectivity index (χ0n) is 12.1. The molecule has 2 rings (SSSR count). The maximum Gasteiger partial charge on any atom is 0.0638 e. The number of nitrogens with one attached hydrogen (secondary N) is 1. The summed E-state index contributed by atoms with van der Waals surface area (Å²) in [5.41, 5.74) is 3.80. The molecule has 0 unspecified atom stereocenters. The number of hydrogen-bond acceptors (Lipinski definition) is 2. The van der Waals surface area contributed by atoms with Crippen molar-refractivity contribution in [2.45, 2.75) is 39.8 Å². The van der Waals surface area contributed by atoms with Crippen LogP contribution in [0.2, 0.25) is 0 Å². The topological polar surface area (TPSA) is 29.9 Å². The first kappa shape index (κ1) is 13.8. The normalized spacial score (nSPS) is 11.2. The Hall–Kier alpha value is -1.61. The molecular weight excluding hydrogens is 234 g/mol. The lowest BCUT2D eigenvalue weighted by Gasteiger charge is -2.04. The SMILES string of the molecule is Cc1nn(C(C)C)cc1CNCCc1ccccc1. The molecule has 1 aromatic carbocycles. The zero-order chi connectivity index (χ0) is 13.7. The van der Waals surface area contributed by atoms with E-state index in [2.05, 4.69) is 67.7 Å². The van der Waals surface area contributed by atoms with Crippen molar-refractivity contribution in [2.75, 3.05) is 6.54 Å². The average molecular weight is 257 g/mol. The maximum absolute atomic E-state index is 4.52. The fraction of sp³-hybridized carbons (Fsp3) is 0.438. The van der Waals surface area contributed by atoms with E-state index in [1.54, 1.807) is 0 Å². The van der Waals surface area contributed by atoms with Gasteiger partial charge in [0.25, 0.3) is 0 Å². The van der Waals surface area contributed by atoms with Crippen LogP contribution in [-0.2, 0) is 13.0 Å². The molecule has 19 heavy (non-hydrogen) atoms. The van der Waals surface area contributed by atoms with Gasteiger partial charge in [-0.3, -0.25) is 4.68 Å². The molecule has 102 valence electrons. The fourth-order valence-electron chi connectivity index (χ4n) is 2.06. The minimum atomic E-state index is 0.428. The van der Waals surface area contributed by atoms with Crippen LogP contribution in [0, 0.1) is 6.92 Å². The first-order chi connectivity index (χ1) is 9.16. The van der Waals surface area contributed by atoms with Crippen LogP contribution in [0.4, 0.5) is 0 Å². The first-order valence-corrected chi connectivity index (χ1v) is 6.96. The molecule has 3 heteroatoms. The molecule has 3 nitrogen and oxygen atoms in total. The number of aryl methyl sites for hydroxylation is 1. The third-order valence-corrected chi connectivity index (χ3v) is 3.30. The molecular formula is C16H23N3. The number of hydrogen-bond donors (Lipinski definition) is 1. The second-order valence-electron chi connectivity index (χ2n) is 5.23. The van der Waals surface area contributed by atoms with Gasteiger partial charge in [-0.1, -0.05) is 30.3 Å². The molecule has 0 aliphatic rings. The standard InChI is InChI=1S/C16H23N3/c1-13(2)19-12-16(14(3)18-19)11-17-10-9-15-7-5-4-6-8-15/h4-8,12-13,17H,9-11H2,1-3H3. The molecule has 0 spiro atoms. The van der Waals surface area contributed by atoms with Crippen LogP contribution in [0.25, 0.3) is 0 Å². The van der Waals surface area contributed by atoms with Gasteiger partial charge in [0.15, 0.2) is 0 Å². The number of nitrogens with zero attached hydrogens (tertiary/aromatic N) is 2. The highest BCUT2D eigenvalue weighted by Gasteiger charge is 2.06. The van der Waals surface area contributed by atoms with Gasteiger partial charge in [0.05, 0.1) is 5.69 Å². The smallest absolute Gasteiger partial charge is 0.0638 e. The summed E-state index contributed by atoms with van der Waals surface area (Å²) in [6, 6.07) is 11.0. The Balaban J connectivity index is 1.80. The van der Waals surface area contributed by atoms with Crippen LogP contribution in [0.1, 0.15) is 36.7 Å². The van der Waals surface area contributed by atoms with E-state index in [0.717, 1.165) is 25.2 Å². The summed E-state index contributed by atoms with van der Waals surface area (Å²) < 4.78 is 2.03. The minimum Gasteiger partial charge on any atom is -0.312 e. The summed E-state index contributed by atoms with van der Waals surface area (Å²) in [4.78, 5) is 0. The summed E-state index contributed by atoms with van der Waals surface area (Å²) in [5.74, 6) is 0. The molecule has 1 aromatic heterocycles. The summed E-state index contributed by atoms with van der Waals surface area (Å²) in [5, 5.41) is 8.01. The van der Waals surface area contributed by atoms with E-state index < -0.39 is 0 Å². The molecule has 0 aliphatic heterocycles.